The van der Waals surface area contributed by atoms with Crippen molar-refractivity contribution in [1.82, 2.24) is 24.6 Å². The molecule has 34 heavy (non-hydrogen) atoms. The summed E-state index contributed by atoms with van der Waals surface area (Å²) in [5, 5.41) is 10.6. The molecule has 1 aliphatic heterocycles. The highest BCUT2D eigenvalue weighted by atomic mass is 16.5. The molecule has 0 unspecified atom stereocenters. The van der Waals surface area contributed by atoms with Crippen molar-refractivity contribution in [3.8, 4) is 17.1 Å². The molecule has 10 nitrogen and oxygen atoms in total. The second-order valence-corrected chi connectivity index (χ2v) is 8.63. The quantitative estimate of drug-likeness (QED) is 0.514. The fourth-order valence-electron chi connectivity index (χ4n) is 4.14. The molecule has 1 saturated heterocycles. The minimum atomic E-state index is -0.182. The second kappa shape index (κ2) is 9.12. The van der Waals surface area contributed by atoms with Crippen LogP contribution in [0, 0.1) is 5.92 Å². The Morgan fingerprint density at radius 3 is 2.59 bits per heavy atom. The molecule has 3 heterocycles. The van der Waals surface area contributed by atoms with Gasteiger partial charge in [0, 0.05) is 38.3 Å². The maximum atomic E-state index is 13.0. The molecule has 10 heteroatoms. The van der Waals surface area contributed by atoms with Crippen LogP contribution in [0.5, 0.6) is 5.75 Å². The van der Waals surface area contributed by atoms with Crippen LogP contribution in [0.1, 0.15) is 36.0 Å². The third-order valence-electron chi connectivity index (χ3n) is 6.07. The Morgan fingerprint density at radius 1 is 1.12 bits per heavy atom. The molecule has 176 valence electrons. The Morgan fingerprint density at radius 2 is 1.91 bits per heavy atom. The van der Waals surface area contributed by atoms with Crippen molar-refractivity contribution < 1.29 is 14.3 Å². The summed E-state index contributed by atoms with van der Waals surface area (Å²) in [6, 6.07) is 7.13. The number of rotatable bonds is 7. The summed E-state index contributed by atoms with van der Waals surface area (Å²) in [5.74, 6) is 1.55. The van der Waals surface area contributed by atoms with Crippen molar-refractivity contribution in [2.45, 2.75) is 25.7 Å². The van der Waals surface area contributed by atoms with E-state index in [1.807, 2.05) is 18.2 Å². The molecular formula is C24H27N7O3. The Balaban J connectivity index is 1.49. The summed E-state index contributed by atoms with van der Waals surface area (Å²) < 4.78 is 7.33. The number of nitrogens with zero attached hydrogens (tertiary/aromatic N) is 5. The first-order valence-corrected chi connectivity index (χ1v) is 11.4. The van der Waals surface area contributed by atoms with Gasteiger partial charge in [0.1, 0.15) is 12.1 Å². The molecule has 1 aliphatic carbocycles. The van der Waals surface area contributed by atoms with E-state index in [9.17, 15) is 9.59 Å². The molecule has 1 aromatic carbocycles. The predicted octanol–water partition coefficient (Wildman–Crippen LogP) is 3.85. The van der Waals surface area contributed by atoms with Gasteiger partial charge in [0.05, 0.1) is 29.6 Å². The van der Waals surface area contributed by atoms with Gasteiger partial charge >= 0.3 is 6.03 Å². The van der Waals surface area contributed by atoms with E-state index in [1.165, 1.54) is 0 Å². The van der Waals surface area contributed by atoms with Crippen molar-refractivity contribution in [2.75, 3.05) is 30.8 Å². The maximum Gasteiger partial charge on any atom is 0.323 e. The van der Waals surface area contributed by atoms with Crippen molar-refractivity contribution in [2.24, 2.45) is 13.0 Å². The van der Waals surface area contributed by atoms with Crippen LogP contribution in [0.25, 0.3) is 11.4 Å². The van der Waals surface area contributed by atoms with Crippen LogP contribution in [0.3, 0.4) is 0 Å². The standard InChI is InChI=1S/C24H27N7O3/c1-30-14-26-23(29-30)16-6-5-7-18(22(16)34-2)27-19-12-20(28-24(33)31-10-3-4-11-31)25-13-17(19)21(32)15-8-9-15/h5-7,12-15H,3-4,8-11H2,1-2H3,(H2,25,27,28,33). The maximum absolute atomic E-state index is 13.0. The summed E-state index contributed by atoms with van der Waals surface area (Å²) in [6.45, 7) is 1.47. The average molecular weight is 462 g/mol. The van der Waals surface area contributed by atoms with E-state index in [1.54, 1.807) is 42.3 Å². The number of ketones is 1. The van der Waals surface area contributed by atoms with Crippen LogP contribution in [-0.2, 0) is 7.05 Å². The SMILES string of the molecule is COc1c(Nc2cc(NC(=O)N3CCCC3)ncc2C(=O)C2CC2)cccc1-c1ncn(C)n1. The van der Waals surface area contributed by atoms with Gasteiger partial charge in [-0.15, -0.1) is 0 Å². The number of hydrogen-bond acceptors (Lipinski definition) is 7. The number of likely N-dealkylation sites (tertiary alicyclic amines) is 1. The molecule has 0 bridgehead atoms. The number of pyridine rings is 1. The minimum absolute atomic E-state index is 0.0262. The molecule has 2 aliphatic rings. The Kier molecular flexibility index (Phi) is 5.87. The first kappa shape index (κ1) is 21.9. The topological polar surface area (TPSA) is 114 Å². The van der Waals surface area contributed by atoms with Crippen molar-refractivity contribution in [3.05, 3.63) is 42.4 Å². The molecule has 0 radical (unpaired) electrons. The zero-order chi connectivity index (χ0) is 23.7. The number of amides is 2. The molecule has 0 spiro atoms. The lowest BCUT2D eigenvalue weighted by atomic mass is 10.1. The van der Waals surface area contributed by atoms with E-state index in [-0.39, 0.29) is 17.7 Å². The number of aromatic nitrogens is 4. The normalized spacial score (nSPS) is 15.3. The van der Waals surface area contributed by atoms with Crippen LogP contribution >= 0.6 is 0 Å². The Hall–Kier alpha value is -3.95. The highest BCUT2D eigenvalue weighted by molar-refractivity contribution is 6.05. The molecule has 1 saturated carbocycles. The van der Waals surface area contributed by atoms with Crippen LogP contribution in [0.2, 0.25) is 0 Å². The largest absolute Gasteiger partial charge is 0.494 e. The smallest absolute Gasteiger partial charge is 0.323 e. The van der Waals surface area contributed by atoms with Crippen LogP contribution < -0.4 is 15.4 Å². The Labute approximate surface area is 197 Å². The number of anilines is 3. The number of benzene rings is 1. The zero-order valence-corrected chi connectivity index (χ0v) is 19.2. The number of carbonyl (C=O) groups excluding carboxylic acids is 2. The van der Waals surface area contributed by atoms with Gasteiger partial charge in [-0.3, -0.25) is 14.8 Å². The van der Waals surface area contributed by atoms with Crippen LogP contribution in [0.4, 0.5) is 22.0 Å². The lowest BCUT2D eigenvalue weighted by molar-refractivity contribution is 0.0968. The van der Waals surface area contributed by atoms with E-state index in [0.717, 1.165) is 44.3 Å². The summed E-state index contributed by atoms with van der Waals surface area (Å²) in [6.07, 6.45) is 6.94. The van der Waals surface area contributed by atoms with E-state index in [4.69, 9.17) is 4.74 Å². The minimum Gasteiger partial charge on any atom is -0.494 e. The van der Waals surface area contributed by atoms with Crippen molar-refractivity contribution in [1.29, 1.82) is 0 Å². The molecule has 2 aromatic heterocycles. The van der Waals surface area contributed by atoms with Gasteiger partial charge in [-0.25, -0.2) is 14.8 Å². The number of hydrogen-bond donors (Lipinski definition) is 2. The number of nitrogens with one attached hydrogen (secondary N) is 2. The van der Waals surface area contributed by atoms with Crippen molar-refractivity contribution in [3.63, 3.8) is 0 Å². The van der Waals surface area contributed by atoms with E-state index < -0.39 is 0 Å². The van der Waals surface area contributed by atoms with Gasteiger partial charge in [-0.05, 0) is 37.8 Å². The number of aryl methyl sites for hydroxylation is 1. The monoisotopic (exact) mass is 461 g/mol. The highest BCUT2D eigenvalue weighted by Gasteiger charge is 2.32. The third kappa shape index (κ3) is 4.43. The molecule has 3 aromatic rings. The third-order valence-corrected chi connectivity index (χ3v) is 6.07. The lowest BCUT2D eigenvalue weighted by Gasteiger charge is -2.18. The van der Waals surface area contributed by atoms with Gasteiger partial charge in [0.25, 0.3) is 0 Å². The molecular weight excluding hydrogens is 434 g/mol. The zero-order valence-electron chi connectivity index (χ0n) is 19.2. The second-order valence-electron chi connectivity index (χ2n) is 8.63. The number of urea groups is 1. The number of carbonyl (C=O) groups is 2. The molecule has 0 atom stereocenters. The van der Waals surface area contributed by atoms with E-state index >= 15 is 0 Å². The lowest BCUT2D eigenvalue weighted by Crippen LogP contribution is -2.32. The fraction of sp³-hybridized carbons (Fsp3) is 0.375. The first-order chi connectivity index (χ1) is 16.5. The number of methoxy groups -OCH3 is 1. The van der Waals surface area contributed by atoms with E-state index in [0.29, 0.717) is 34.3 Å². The van der Waals surface area contributed by atoms with Gasteiger partial charge in [-0.1, -0.05) is 6.07 Å². The molecule has 2 amide bonds. The Bertz CT molecular complexity index is 1230. The molecule has 5 rings (SSSR count). The number of para-hydroxylation sites is 1. The van der Waals surface area contributed by atoms with E-state index in [2.05, 4.69) is 25.7 Å². The van der Waals surface area contributed by atoms with Gasteiger partial charge in [-0.2, -0.15) is 5.10 Å². The first-order valence-electron chi connectivity index (χ1n) is 11.4. The van der Waals surface area contributed by atoms with Gasteiger partial charge in [0.2, 0.25) is 0 Å². The number of ether oxygens (including phenoxy) is 1. The van der Waals surface area contributed by atoms with Gasteiger partial charge < -0.3 is 15.0 Å². The predicted molar refractivity (Wildman–Crippen MR) is 127 cm³/mol. The van der Waals surface area contributed by atoms with Crippen LogP contribution in [0.15, 0.2) is 36.8 Å². The average Bonchev–Trinajstić information content (AvgIpc) is 3.35. The van der Waals surface area contributed by atoms with Crippen LogP contribution in [-0.4, -0.2) is 56.7 Å². The number of Topliss-reactive ketones (excluding diaryl/α,β-unsaturated/α-hetero) is 1. The summed E-state index contributed by atoms with van der Waals surface area (Å²) in [4.78, 5) is 36.0. The highest BCUT2D eigenvalue weighted by Crippen LogP contribution is 2.39. The molecule has 2 fully saturated rings. The molecule has 2 N–H and O–H groups in total. The summed E-state index contributed by atoms with van der Waals surface area (Å²) in [7, 11) is 3.38. The summed E-state index contributed by atoms with van der Waals surface area (Å²) in [5.41, 5.74) is 2.43. The fourth-order valence-corrected chi connectivity index (χ4v) is 4.14. The summed E-state index contributed by atoms with van der Waals surface area (Å²) >= 11 is 0. The van der Waals surface area contributed by atoms with Gasteiger partial charge in [0.15, 0.2) is 17.4 Å². The van der Waals surface area contributed by atoms with Crippen molar-refractivity contribution >= 4 is 29.0 Å².